The minimum atomic E-state index is 0.217. The van der Waals surface area contributed by atoms with Crippen LogP contribution in [0.2, 0.25) is 0 Å². The highest BCUT2D eigenvalue weighted by Crippen LogP contribution is 2.23. The molecule has 2 rings (SSSR count). The van der Waals surface area contributed by atoms with Crippen molar-refractivity contribution in [2.45, 2.75) is 31.8 Å². The van der Waals surface area contributed by atoms with Crippen molar-refractivity contribution in [2.24, 2.45) is 0 Å². The molecule has 0 saturated carbocycles. The Morgan fingerprint density at radius 2 is 1.71 bits per heavy atom. The van der Waals surface area contributed by atoms with Gasteiger partial charge in [-0.2, -0.15) is 0 Å². The van der Waals surface area contributed by atoms with Gasteiger partial charge in [-0.15, -0.1) is 0 Å². The van der Waals surface area contributed by atoms with E-state index in [0.717, 1.165) is 12.8 Å². The number of hydrogen-bond donors (Lipinski definition) is 0. The van der Waals surface area contributed by atoms with Crippen LogP contribution in [0.4, 0.5) is 0 Å². The number of unbranched alkanes of at least 4 members (excludes halogenated alkanes) is 1. The van der Waals surface area contributed by atoms with Gasteiger partial charge in [0.25, 0.3) is 0 Å². The van der Waals surface area contributed by atoms with E-state index in [9.17, 15) is 0 Å². The molecule has 2 aromatic carbocycles. The van der Waals surface area contributed by atoms with Crippen LogP contribution in [0.25, 0.3) is 6.08 Å². The third-order valence-electron chi connectivity index (χ3n) is 3.85. The maximum atomic E-state index is 5.61. The molecule has 1 nitrogen and oxygen atoms in total. The van der Waals surface area contributed by atoms with Crippen LogP contribution in [-0.4, -0.2) is 7.11 Å². The first-order valence-corrected chi connectivity index (χ1v) is 7.62. The number of ether oxygens (including phenoxy) is 1. The molecule has 0 amide bonds. The summed E-state index contributed by atoms with van der Waals surface area (Å²) >= 11 is 0. The summed E-state index contributed by atoms with van der Waals surface area (Å²) in [4.78, 5) is 0. The molecule has 0 saturated heterocycles. The molecule has 1 unspecified atom stereocenters. The monoisotopic (exact) mass is 280 g/mol. The minimum absolute atomic E-state index is 0.217. The van der Waals surface area contributed by atoms with Crippen molar-refractivity contribution in [1.29, 1.82) is 0 Å². The lowest BCUT2D eigenvalue weighted by Gasteiger charge is -2.15. The summed E-state index contributed by atoms with van der Waals surface area (Å²) in [6, 6.07) is 19.1. The zero-order valence-corrected chi connectivity index (χ0v) is 12.8. The van der Waals surface area contributed by atoms with Crippen molar-refractivity contribution in [3.8, 4) is 0 Å². The van der Waals surface area contributed by atoms with Gasteiger partial charge >= 0.3 is 0 Å². The smallest absolute Gasteiger partial charge is 0.0821 e. The molecule has 0 aromatic heterocycles. The van der Waals surface area contributed by atoms with Gasteiger partial charge in [0, 0.05) is 7.11 Å². The summed E-state index contributed by atoms with van der Waals surface area (Å²) in [6.45, 7) is 3.78. The zero-order chi connectivity index (χ0) is 14.9. The fourth-order valence-corrected chi connectivity index (χ4v) is 2.57. The molecule has 0 bridgehead atoms. The van der Waals surface area contributed by atoms with E-state index >= 15 is 0 Å². The summed E-state index contributed by atoms with van der Waals surface area (Å²) in [7, 11) is 1.80. The fourth-order valence-electron chi connectivity index (χ4n) is 2.57. The van der Waals surface area contributed by atoms with E-state index < -0.39 is 0 Å². The standard InChI is InChI=1S/C20H24O/c1-3-17-13-15-18(16-14-17)9-7-8-12-20(21-2)19-10-5-4-6-11-19/h3-6,10-11,13-16,20H,1,7-9,12H2,2H3. The van der Waals surface area contributed by atoms with Gasteiger partial charge < -0.3 is 4.74 Å². The summed E-state index contributed by atoms with van der Waals surface area (Å²) < 4.78 is 5.61. The largest absolute Gasteiger partial charge is 0.377 e. The normalized spacial score (nSPS) is 12.0. The van der Waals surface area contributed by atoms with Gasteiger partial charge in [0.1, 0.15) is 0 Å². The van der Waals surface area contributed by atoms with Gasteiger partial charge in [-0.25, -0.2) is 0 Å². The Balaban J connectivity index is 1.76. The lowest BCUT2D eigenvalue weighted by molar-refractivity contribution is 0.0933. The molecular weight excluding hydrogens is 256 g/mol. The van der Waals surface area contributed by atoms with E-state index in [2.05, 4.69) is 55.1 Å². The lowest BCUT2D eigenvalue weighted by Crippen LogP contribution is -2.01. The Morgan fingerprint density at radius 1 is 1.00 bits per heavy atom. The third kappa shape index (κ3) is 4.87. The van der Waals surface area contributed by atoms with E-state index in [1.165, 1.54) is 29.5 Å². The molecule has 2 aromatic rings. The van der Waals surface area contributed by atoms with Crippen LogP contribution >= 0.6 is 0 Å². The number of aryl methyl sites for hydroxylation is 1. The van der Waals surface area contributed by atoms with E-state index in [-0.39, 0.29) is 6.10 Å². The van der Waals surface area contributed by atoms with Crippen molar-refractivity contribution < 1.29 is 4.74 Å². The van der Waals surface area contributed by atoms with Crippen LogP contribution in [0.1, 0.15) is 42.1 Å². The molecule has 0 aliphatic carbocycles. The van der Waals surface area contributed by atoms with E-state index in [0.29, 0.717) is 0 Å². The Bertz CT molecular complexity index is 528. The average Bonchev–Trinajstić information content (AvgIpc) is 2.56. The predicted octanol–water partition coefficient (Wildman–Crippen LogP) is 5.43. The second-order valence-corrected chi connectivity index (χ2v) is 5.33. The quantitative estimate of drug-likeness (QED) is 0.586. The van der Waals surface area contributed by atoms with Gasteiger partial charge in [-0.05, 0) is 36.0 Å². The van der Waals surface area contributed by atoms with E-state index in [1.807, 2.05) is 12.1 Å². The molecule has 0 aliphatic rings. The molecule has 21 heavy (non-hydrogen) atoms. The minimum Gasteiger partial charge on any atom is -0.377 e. The lowest BCUT2D eigenvalue weighted by atomic mass is 10.0. The molecule has 0 heterocycles. The molecular formula is C20H24O. The highest BCUT2D eigenvalue weighted by atomic mass is 16.5. The van der Waals surface area contributed by atoms with E-state index in [1.54, 1.807) is 7.11 Å². The van der Waals surface area contributed by atoms with Crippen molar-refractivity contribution in [1.82, 2.24) is 0 Å². The topological polar surface area (TPSA) is 9.23 Å². The van der Waals surface area contributed by atoms with Gasteiger partial charge in [-0.3, -0.25) is 0 Å². The number of hydrogen-bond acceptors (Lipinski definition) is 1. The molecule has 0 radical (unpaired) electrons. The molecule has 0 spiro atoms. The first-order valence-electron chi connectivity index (χ1n) is 7.62. The summed E-state index contributed by atoms with van der Waals surface area (Å²) in [6.07, 6.45) is 6.67. The zero-order valence-electron chi connectivity index (χ0n) is 12.8. The van der Waals surface area contributed by atoms with Crippen molar-refractivity contribution in [3.05, 3.63) is 77.9 Å². The predicted molar refractivity (Wildman–Crippen MR) is 90.3 cm³/mol. The Morgan fingerprint density at radius 3 is 2.33 bits per heavy atom. The summed E-state index contributed by atoms with van der Waals surface area (Å²) in [5.41, 5.74) is 3.85. The van der Waals surface area contributed by atoms with Crippen LogP contribution in [0.15, 0.2) is 61.2 Å². The van der Waals surface area contributed by atoms with Crippen LogP contribution in [-0.2, 0) is 11.2 Å². The molecule has 1 heteroatoms. The van der Waals surface area contributed by atoms with Gasteiger partial charge in [0.05, 0.1) is 6.10 Å². The maximum absolute atomic E-state index is 5.61. The highest BCUT2D eigenvalue weighted by Gasteiger charge is 2.09. The van der Waals surface area contributed by atoms with Crippen molar-refractivity contribution in [3.63, 3.8) is 0 Å². The molecule has 1 atom stereocenters. The average molecular weight is 280 g/mol. The number of rotatable bonds is 8. The molecule has 110 valence electrons. The van der Waals surface area contributed by atoms with Gasteiger partial charge in [-0.1, -0.05) is 73.7 Å². The second-order valence-electron chi connectivity index (χ2n) is 5.33. The Kier molecular flexibility index (Phi) is 6.23. The SMILES string of the molecule is C=Cc1ccc(CCCCC(OC)c2ccccc2)cc1. The first-order chi connectivity index (χ1) is 10.3. The third-order valence-corrected chi connectivity index (χ3v) is 3.85. The van der Waals surface area contributed by atoms with Gasteiger partial charge in [0.15, 0.2) is 0 Å². The molecule has 0 aliphatic heterocycles. The Hall–Kier alpha value is -1.86. The van der Waals surface area contributed by atoms with Crippen LogP contribution in [0, 0.1) is 0 Å². The van der Waals surface area contributed by atoms with Gasteiger partial charge in [0.2, 0.25) is 0 Å². The van der Waals surface area contributed by atoms with Crippen molar-refractivity contribution >= 4 is 6.08 Å². The van der Waals surface area contributed by atoms with E-state index in [4.69, 9.17) is 4.74 Å². The molecule has 0 N–H and O–H groups in total. The first kappa shape index (κ1) is 15.5. The Labute approximate surface area is 128 Å². The van der Waals surface area contributed by atoms with Crippen LogP contribution in [0.3, 0.4) is 0 Å². The van der Waals surface area contributed by atoms with Crippen LogP contribution < -0.4 is 0 Å². The van der Waals surface area contributed by atoms with Crippen LogP contribution in [0.5, 0.6) is 0 Å². The summed E-state index contributed by atoms with van der Waals surface area (Å²) in [5, 5.41) is 0. The number of benzene rings is 2. The fraction of sp³-hybridized carbons (Fsp3) is 0.300. The maximum Gasteiger partial charge on any atom is 0.0821 e. The molecule has 0 fully saturated rings. The summed E-state index contributed by atoms with van der Waals surface area (Å²) in [5.74, 6) is 0. The number of methoxy groups -OCH3 is 1. The highest BCUT2D eigenvalue weighted by molar-refractivity contribution is 5.47. The second kappa shape index (κ2) is 8.43. The van der Waals surface area contributed by atoms with Crippen molar-refractivity contribution in [2.75, 3.05) is 7.11 Å².